The van der Waals surface area contributed by atoms with Crippen LogP contribution in [-0.4, -0.2) is 23.9 Å². The van der Waals surface area contributed by atoms with Crippen molar-refractivity contribution in [1.29, 1.82) is 0 Å². The normalized spacial score (nSPS) is 17.1. The van der Waals surface area contributed by atoms with Crippen molar-refractivity contribution in [3.63, 3.8) is 0 Å². The van der Waals surface area contributed by atoms with E-state index in [4.69, 9.17) is 4.74 Å². The van der Waals surface area contributed by atoms with Crippen molar-refractivity contribution in [2.45, 2.75) is 24.8 Å². The third-order valence-electron chi connectivity index (χ3n) is 3.30. The number of carbonyl (C=O) groups is 1. The number of halogens is 1. The Morgan fingerprint density at radius 2 is 2.06 bits per heavy atom. The van der Waals surface area contributed by atoms with Gasteiger partial charge in [0.2, 0.25) is 0 Å². The van der Waals surface area contributed by atoms with Crippen LogP contribution in [0.1, 0.15) is 29.6 Å². The number of hydrogen-bond donors (Lipinski definition) is 1. The van der Waals surface area contributed by atoms with E-state index in [0.717, 1.165) is 23.9 Å². The second-order valence-corrected chi connectivity index (χ2v) is 5.01. The van der Waals surface area contributed by atoms with Gasteiger partial charge in [-0.2, -0.15) is 0 Å². The lowest BCUT2D eigenvalue weighted by Gasteiger charge is -2.41. The van der Waals surface area contributed by atoms with Crippen LogP contribution >= 0.6 is 15.9 Å². The first-order valence-electron chi connectivity index (χ1n) is 5.72. The molecule has 2 rings (SSSR count). The average Bonchev–Trinajstić information content (AvgIpc) is 2.33. The van der Waals surface area contributed by atoms with Crippen LogP contribution in [-0.2, 0) is 0 Å². The van der Waals surface area contributed by atoms with Gasteiger partial charge in [-0.05, 0) is 43.5 Å². The molecule has 1 aliphatic carbocycles. The quantitative estimate of drug-likeness (QED) is 0.868. The van der Waals surface area contributed by atoms with Gasteiger partial charge in [0.15, 0.2) is 0 Å². The largest absolute Gasteiger partial charge is 0.497 e. The van der Waals surface area contributed by atoms with Crippen molar-refractivity contribution < 1.29 is 9.53 Å². The number of alkyl halides is 1. The van der Waals surface area contributed by atoms with Crippen molar-refractivity contribution in [2.24, 2.45) is 0 Å². The van der Waals surface area contributed by atoms with Crippen molar-refractivity contribution in [2.75, 3.05) is 12.4 Å². The summed E-state index contributed by atoms with van der Waals surface area (Å²) in [5, 5.41) is 3.93. The number of methoxy groups -OCH3 is 1. The zero-order chi connectivity index (χ0) is 12.3. The van der Waals surface area contributed by atoms with E-state index < -0.39 is 0 Å². The second-order valence-electron chi connectivity index (χ2n) is 4.45. The number of amides is 1. The Labute approximate surface area is 110 Å². The van der Waals surface area contributed by atoms with Gasteiger partial charge in [-0.3, -0.25) is 4.79 Å². The number of hydrogen-bond acceptors (Lipinski definition) is 2. The van der Waals surface area contributed by atoms with Crippen LogP contribution in [0.4, 0.5) is 0 Å². The molecule has 1 fully saturated rings. The SMILES string of the molecule is COc1ccc(C(=O)NC2(CBr)CCC2)cc1. The lowest BCUT2D eigenvalue weighted by Crippen LogP contribution is -2.54. The molecular formula is C13H16BrNO2. The van der Waals surface area contributed by atoms with E-state index in [2.05, 4.69) is 21.2 Å². The molecule has 1 aromatic rings. The summed E-state index contributed by atoms with van der Waals surface area (Å²) in [6.45, 7) is 0. The number of nitrogens with one attached hydrogen (secondary N) is 1. The van der Waals surface area contributed by atoms with Crippen LogP contribution in [0.2, 0.25) is 0 Å². The number of benzene rings is 1. The summed E-state index contributed by atoms with van der Waals surface area (Å²) in [7, 11) is 1.61. The van der Waals surface area contributed by atoms with E-state index in [1.54, 1.807) is 31.4 Å². The standard InChI is InChI=1S/C13H16BrNO2/c1-17-11-5-3-10(4-6-11)12(16)15-13(9-14)7-2-8-13/h3-6H,2,7-9H2,1H3,(H,15,16). The highest BCUT2D eigenvalue weighted by Crippen LogP contribution is 2.33. The van der Waals surface area contributed by atoms with Gasteiger partial charge >= 0.3 is 0 Å². The van der Waals surface area contributed by atoms with Gasteiger partial charge in [-0.25, -0.2) is 0 Å². The molecule has 4 heteroatoms. The number of ether oxygens (including phenoxy) is 1. The molecule has 17 heavy (non-hydrogen) atoms. The maximum absolute atomic E-state index is 12.0. The Kier molecular flexibility index (Phi) is 3.72. The minimum absolute atomic E-state index is 0.00759. The van der Waals surface area contributed by atoms with Crippen LogP contribution in [0, 0.1) is 0 Å². The fraction of sp³-hybridized carbons (Fsp3) is 0.462. The molecule has 0 aliphatic heterocycles. The number of rotatable bonds is 4. The maximum Gasteiger partial charge on any atom is 0.251 e. The molecule has 0 aromatic heterocycles. The summed E-state index contributed by atoms with van der Waals surface area (Å²) in [5.74, 6) is 0.757. The van der Waals surface area contributed by atoms with Crippen molar-refractivity contribution in [3.05, 3.63) is 29.8 Å². The van der Waals surface area contributed by atoms with E-state index in [1.165, 1.54) is 6.42 Å². The molecule has 0 atom stereocenters. The zero-order valence-electron chi connectivity index (χ0n) is 9.83. The van der Waals surface area contributed by atoms with E-state index in [9.17, 15) is 4.79 Å². The Morgan fingerprint density at radius 1 is 1.41 bits per heavy atom. The first-order valence-corrected chi connectivity index (χ1v) is 6.84. The highest BCUT2D eigenvalue weighted by atomic mass is 79.9. The molecule has 0 bridgehead atoms. The predicted molar refractivity (Wildman–Crippen MR) is 70.8 cm³/mol. The van der Waals surface area contributed by atoms with Crippen LogP contribution in [0.15, 0.2) is 24.3 Å². The predicted octanol–water partition coefficient (Wildman–Crippen LogP) is 2.74. The minimum atomic E-state index is -0.0307. The summed E-state index contributed by atoms with van der Waals surface area (Å²) >= 11 is 3.47. The molecule has 1 aromatic carbocycles. The summed E-state index contributed by atoms with van der Waals surface area (Å²) in [4.78, 5) is 12.0. The Balaban J connectivity index is 2.03. The summed E-state index contributed by atoms with van der Waals surface area (Å²) in [5.41, 5.74) is 0.648. The van der Waals surface area contributed by atoms with Crippen LogP contribution in [0.5, 0.6) is 5.75 Å². The van der Waals surface area contributed by atoms with E-state index in [0.29, 0.717) is 5.56 Å². The van der Waals surface area contributed by atoms with Gasteiger partial charge < -0.3 is 10.1 Å². The molecule has 0 radical (unpaired) electrons. The molecule has 1 saturated carbocycles. The van der Waals surface area contributed by atoms with Crippen molar-refractivity contribution in [1.82, 2.24) is 5.32 Å². The van der Waals surface area contributed by atoms with Gasteiger partial charge in [0.05, 0.1) is 12.6 Å². The third-order valence-corrected chi connectivity index (χ3v) is 4.37. The summed E-state index contributed by atoms with van der Waals surface area (Å²) < 4.78 is 5.06. The summed E-state index contributed by atoms with van der Waals surface area (Å²) in [6, 6.07) is 7.18. The van der Waals surface area contributed by atoms with Gasteiger partial charge in [0, 0.05) is 10.9 Å². The number of carbonyl (C=O) groups excluding carboxylic acids is 1. The second kappa shape index (κ2) is 5.08. The smallest absolute Gasteiger partial charge is 0.251 e. The molecule has 1 aliphatic rings. The highest BCUT2D eigenvalue weighted by molar-refractivity contribution is 9.09. The Bertz CT molecular complexity index is 393. The lowest BCUT2D eigenvalue weighted by atomic mass is 9.78. The highest BCUT2D eigenvalue weighted by Gasteiger charge is 2.37. The van der Waals surface area contributed by atoms with Gasteiger partial charge in [-0.15, -0.1) is 0 Å². The van der Waals surface area contributed by atoms with Crippen LogP contribution in [0.25, 0.3) is 0 Å². The molecule has 3 nitrogen and oxygen atoms in total. The first kappa shape index (κ1) is 12.4. The zero-order valence-corrected chi connectivity index (χ0v) is 11.4. The molecule has 92 valence electrons. The van der Waals surface area contributed by atoms with Gasteiger partial charge in [0.1, 0.15) is 5.75 Å². The molecule has 0 unspecified atom stereocenters. The fourth-order valence-corrected chi connectivity index (χ4v) is 2.65. The third kappa shape index (κ3) is 2.63. The first-order chi connectivity index (χ1) is 8.19. The Hall–Kier alpha value is -1.03. The Morgan fingerprint density at radius 3 is 2.47 bits per heavy atom. The monoisotopic (exact) mass is 297 g/mol. The lowest BCUT2D eigenvalue weighted by molar-refractivity contribution is 0.0856. The maximum atomic E-state index is 12.0. The average molecular weight is 298 g/mol. The molecule has 1 N–H and O–H groups in total. The fourth-order valence-electron chi connectivity index (χ4n) is 1.95. The molecule has 0 saturated heterocycles. The van der Waals surface area contributed by atoms with E-state index in [-0.39, 0.29) is 11.4 Å². The van der Waals surface area contributed by atoms with Crippen molar-refractivity contribution in [3.8, 4) is 5.75 Å². The van der Waals surface area contributed by atoms with Gasteiger partial charge in [0.25, 0.3) is 5.91 Å². The minimum Gasteiger partial charge on any atom is -0.497 e. The molecular weight excluding hydrogens is 282 g/mol. The van der Waals surface area contributed by atoms with Gasteiger partial charge in [-0.1, -0.05) is 15.9 Å². The molecule has 0 heterocycles. The van der Waals surface area contributed by atoms with E-state index >= 15 is 0 Å². The molecule has 1 amide bonds. The van der Waals surface area contributed by atoms with Crippen LogP contribution < -0.4 is 10.1 Å². The summed E-state index contributed by atoms with van der Waals surface area (Å²) in [6.07, 6.45) is 3.30. The van der Waals surface area contributed by atoms with E-state index in [1.807, 2.05) is 0 Å². The van der Waals surface area contributed by atoms with Crippen LogP contribution in [0.3, 0.4) is 0 Å². The molecule has 0 spiro atoms. The topological polar surface area (TPSA) is 38.3 Å². The van der Waals surface area contributed by atoms with Crippen molar-refractivity contribution >= 4 is 21.8 Å².